The molecule has 2 atom stereocenters. The first kappa shape index (κ1) is 17.8. The third-order valence-electron chi connectivity index (χ3n) is 4.98. The molecular formula is C20H24N2O2S. The van der Waals surface area contributed by atoms with E-state index in [9.17, 15) is 9.59 Å². The first-order chi connectivity index (χ1) is 12.0. The van der Waals surface area contributed by atoms with Crippen LogP contribution in [-0.2, 0) is 4.79 Å². The Morgan fingerprint density at radius 2 is 1.76 bits per heavy atom. The van der Waals surface area contributed by atoms with Crippen LogP contribution in [0.3, 0.4) is 0 Å². The molecule has 1 aromatic heterocycles. The second-order valence-corrected chi connectivity index (χ2v) is 7.57. The summed E-state index contributed by atoms with van der Waals surface area (Å²) in [6.07, 6.45) is 5.76. The third kappa shape index (κ3) is 3.13. The molecule has 2 aromatic rings. The predicted molar refractivity (Wildman–Crippen MR) is 105 cm³/mol. The number of nitrogens with zero attached hydrogens (tertiary/aromatic N) is 2. The van der Waals surface area contributed by atoms with Crippen LogP contribution in [-0.4, -0.2) is 26.7 Å². The molecule has 0 radical (unpaired) electrons. The Balaban J connectivity index is 2.05. The van der Waals surface area contributed by atoms with Crippen molar-refractivity contribution in [2.45, 2.75) is 52.6 Å². The fourth-order valence-corrected chi connectivity index (χ4v) is 4.01. The van der Waals surface area contributed by atoms with E-state index >= 15 is 0 Å². The van der Waals surface area contributed by atoms with Crippen molar-refractivity contribution in [3.05, 3.63) is 40.9 Å². The van der Waals surface area contributed by atoms with E-state index in [0.29, 0.717) is 10.9 Å². The highest BCUT2D eigenvalue weighted by Gasteiger charge is 2.37. The average molecular weight is 356 g/mol. The fourth-order valence-electron chi connectivity index (χ4n) is 3.09. The van der Waals surface area contributed by atoms with Crippen molar-refractivity contribution in [3.63, 3.8) is 0 Å². The van der Waals surface area contributed by atoms with Gasteiger partial charge in [0.25, 0.3) is 11.1 Å². The summed E-state index contributed by atoms with van der Waals surface area (Å²) >= 11 is 1.04. The Bertz CT molecular complexity index is 852. The molecule has 5 heteroatoms. The van der Waals surface area contributed by atoms with Crippen molar-refractivity contribution in [2.24, 2.45) is 0 Å². The highest BCUT2D eigenvalue weighted by Crippen LogP contribution is 2.36. The summed E-state index contributed by atoms with van der Waals surface area (Å²) in [6.45, 7) is 8.25. The topological polar surface area (TPSA) is 42.3 Å². The number of imide groups is 1. The summed E-state index contributed by atoms with van der Waals surface area (Å²) in [5.74, 6) is -0.176. The molecule has 25 heavy (non-hydrogen) atoms. The molecule has 1 aliphatic rings. The van der Waals surface area contributed by atoms with Crippen LogP contribution in [0.2, 0.25) is 0 Å². The third-order valence-corrected chi connectivity index (χ3v) is 5.86. The lowest BCUT2D eigenvalue weighted by atomic mass is 10.1. The Kier molecular flexibility index (Phi) is 5.04. The Morgan fingerprint density at radius 3 is 2.44 bits per heavy atom. The lowest BCUT2D eigenvalue weighted by Gasteiger charge is -2.19. The molecule has 1 saturated heterocycles. The van der Waals surface area contributed by atoms with E-state index < -0.39 is 0 Å². The maximum Gasteiger partial charge on any atom is 0.293 e. The normalized spacial score (nSPS) is 19.2. The molecule has 2 amide bonds. The number of hydrogen-bond donors (Lipinski definition) is 0. The molecular weight excluding hydrogens is 332 g/mol. The van der Waals surface area contributed by atoms with Crippen LogP contribution in [0.25, 0.3) is 17.0 Å². The molecule has 0 bridgehead atoms. The number of aromatic nitrogens is 1. The van der Waals surface area contributed by atoms with Gasteiger partial charge in [0, 0.05) is 34.7 Å². The summed E-state index contributed by atoms with van der Waals surface area (Å²) in [5.41, 5.74) is 2.15. The summed E-state index contributed by atoms with van der Waals surface area (Å²) < 4.78 is 2.25. The van der Waals surface area contributed by atoms with E-state index in [1.807, 2.05) is 32.1 Å². The van der Waals surface area contributed by atoms with Crippen molar-refractivity contribution in [1.82, 2.24) is 9.47 Å². The Hall–Kier alpha value is -2.01. The highest BCUT2D eigenvalue weighted by molar-refractivity contribution is 8.18. The van der Waals surface area contributed by atoms with Crippen LogP contribution < -0.4 is 0 Å². The second kappa shape index (κ2) is 7.08. The van der Waals surface area contributed by atoms with Crippen LogP contribution in [0.1, 0.15) is 52.1 Å². The molecule has 0 unspecified atom stereocenters. The quantitative estimate of drug-likeness (QED) is 0.669. The lowest BCUT2D eigenvalue weighted by molar-refractivity contribution is -0.124. The monoisotopic (exact) mass is 356 g/mol. The van der Waals surface area contributed by atoms with Crippen molar-refractivity contribution in [3.8, 4) is 0 Å². The molecule has 0 spiro atoms. The van der Waals surface area contributed by atoms with Crippen LogP contribution in [0, 0.1) is 0 Å². The minimum Gasteiger partial charge on any atom is -0.344 e. The van der Waals surface area contributed by atoms with Crippen molar-refractivity contribution in [2.75, 3.05) is 0 Å². The van der Waals surface area contributed by atoms with E-state index in [1.165, 1.54) is 4.90 Å². The van der Waals surface area contributed by atoms with Gasteiger partial charge in [0.2, 0.25) is 0 Å². The molecule has 0 saturated carbocycles. The maximum absolute atomic E-state index is 12.7. The van der Waals surface area contributed by atoms with Crippen LogP contribution in [0.15, 0.2) is 35.4 Å². The lowest BCUT2D eigenvalue weighted by Crippen LogP contribution is -2.36. The zero-order valence-electron chi connectivity index (χ0n) is 15.2. The van der Waals surface area contributed by atoms with E-state index in [-0.39, 0.29) is 17.2 Å². The smallest absolute Gasteiger partial charge is 0.293 e. The van der Waals surface area contributed by atoms with E-state index in [0.717, 1.165) is 41.1 Å². The standard InChI is InChI=1S/C20H24N2O2S/c1-5-13(3)21-12-15(16-9-7-8-10-17(16)21)11-18-19(23)22(14(4)6-2)20(24)25-18/h7-14H,5-6H2,1-4H3/b18-11+/t13-,14+/m0/s1. The molecule has 1 fully saturated rings. The second-order valence-electron chi connectivity index (χ2n) is 6.58. The molecule has 4 nitrogen and oxygen atoms in total. The zero-order chi connectivity index (χ0) is 18.1. The zero-order valence-corrected chi connectivity index (χ0v) is 16.0. The average Bonchev–Trinajstić information content (AvgIpc) is 3.12. The molecule has 1 aliphatic heterocycles. The molecule has 0 N–H and O–H groups in total. The minimum atomic E-state index is -0.176. The van der Waals surface area contributed by atoms with Gasteiger partial charge in [-0.15, -0.1) is 0 Å². The van der Waals surface area contributed by atoms with Crippen molar-refractivity contribution in [1.29, 1.82) is 0 Å². The number of fused-ring (bicyclic) bond motifs is 1. The van der Waals surface area contributed by atoms with Gasteiger partial charge in [0.1, 0.15) is 0 Å². The number of carbonyl (C=O) groups excluding carboxylic acids is 2. The van der Waals surface area contributed by atoms with Gasteiger partial charge in [-0.25, -0.2) is 0 Å². The maximum atomic E-state index is 12.7. The summed E-state index contributed by atoms with van der Waals surface area (Å²) in [5, 5.41) is 0.939. The number of carbonyl (C=O) groups is 2. The summed E-state index contributed by atoms with van der Waals surface area (Å²) in [4.78, 5) is 26.8. The number of benzene rings is 1. The molecule has 1 aromatic carbocycles. The predicted octanol–water partition coefficient (Wildman–Crippen LogP) is 5.45. The molecule has 2 heterocycles. The first-order valence-corrected chi connectivity index (χ1v) is 9.66. The van der Waals surface area contributed by atoms with Gasteiger partial charge < -0.3 is 4.57 Å². The van der Waals surface area contributed by atoms with Gasteiger partial charge in [-0.2, -0.15) is 0 Å². The van der Waals surface area contributed by atoms with Crippen molar-refractivity contribution >= 4 is 39.9 Å². The number of rotatable bonds is 5. The number of thioether (sulfide) groups is 1. The Morgan fingerprint density at radius 1 is 1.08 bits per heavy atom. The van der Waals surface area contributed by atoms with Gasteiger partial charge in [0.15, 0.2) is 0 Å². The van der Waals surface area contributed by atoms with Gasteiger partial charge in [-0.05, 0) is 50.6 Å². The van der Waals surface area contributed by atoms with Gasteiger partial charge in [0.05, 0.1) is 4.91 Å². The highest BCUT2D eigenvalue weighted by atomic mass is 32.2. The molecule has 132 valence electrons. The summed E-state index contributed by atoms with van der Waals surface area (Å²) in [6, 6.07) is 8.51. The van der Waals surface area contributed by atoms with Gasteiger partial charge in [-0.3, -0.25) is 14.5 Å². The van der Waals surface area contributed by atoms with E-state index in [2.05, 4.69) is 36.7 Å². The van der Waals surface area contributed by atoms with Gasteiger partial charge in [-0.1, -0.05) is 32.0 Å². The molecule has 0 aliphatic carbocycles. The molecule has 3 rings (SSSR count). The van der Waals surface area contributed by atoms with Crippen molar-refractivity contribution < 1.29 is 9.59 Å². The largest absolute Gasteiger partial charge is 0.344 e. The van der Waals surface area contributed by atoms with E-state index in [1.54, 1.807) is 0 Å². The number of amides is 2. The Labute approximate surface area is 152 Å². The SMILES string of the molecule is CC[C@@H](C)N1C(=O)S/C(=C/c2cn([C@@H](C)CC)c3ccccc23)C1=O. The summed E-state index contributed by atoms with van der Waals surface area (Å²) in [7, 11) is 0. The van der Waals surface area contributed by atoms with Gasteiger partial charge >= 0.3 is 0 Å². The minimum absolute atomic E-state index is 0.0696. The first-order valence-electron chi connectivity index (χ1n) is 8.84. The van der Waals surface area contributed by atoms with Crippen LogP contribution in [0.4, 0.5) is 4.79 Å². The number of para-hydroxylation sites is 1. The van der Waals surface area contributed by atoms with E-state index in [4.69, 9.17) is 0 Å². The number of hydrogen-bond acceptors (Lipinski definition) is 3. The van der Waals surface area contributed by atoms with Crippen LogP contribution in [0.5, 0.6) is 0 Å². The van der Waals surface area contributed by atoms with Crippen LogP contribution >= 0.6 is 11.8 Å². The fraction of sp³-hybridized carbons (Fsp3) is 0.400.